The quantitative estimate of drug-likeness (QED) is 0.873. The largest absolute Gasteiger partial charge is 0.490 e. The second kappa shape index (κ2) is 8.76. The molecule has 1 aliphatic carbocycles. The number of rotatable bonds is 5. The van der Waals surface area contributed by atoms with E-state index in [1.165, 1.54) is 0 Å². The molecule has 0 aliphatic heterocycles. The highest BCUT2D eigenvalue weighted by Crippen LogP contribution is 2.32. The van der Waals surface area contributed by atoms with E-state index in [4.69, 9.17) is 22.1 Å². The van der Waals surface area contributed by atoms with Crippen molar-refractivity contribution >= 4 is 29.9 Å². The fraction of sp³-hybridized carbons (Fsp3) is 0.588. The fourth-order valence-electron chi connectivity index (χ4n) is 2.99. The minimum Gasteiger partial charge on any atom is -0.490 e. The van der Waals surface area contributed by atoms with Crippen LogP contribution in [0, 0.1) is 5.92 Å². The summed E-state index contributed by atoms with van der Waals surface area (Å²) in [7, 11) is 1.81. The minimum atomic E-state index is -0.396. The Morgan fingerprint density at radius 2 is 2.13 bits per heavy atom. The summed E-state index contributed by atoms with van der Waals surface area (Å²) in [6.07, 6.45) is 3.97. The van der Waals surface area contributed by atoms with Gasteiger partial charge in [0.05, 0.1) is 17.5 Å². The SMILES string of the molecule is CN(CCOc1ccccc1Cl)C(=O)C1CCCCC1(C)N.Cl. The molecule has 0 heterocycles. The lowest BCUT2D eigenvalue weighted by Crippen LogP contribution is -2.53. The number of likely N-dealkylation sites (N-methyl/N-ethyl adjacent to an activating group) is 1. The van der Waals surface area contributed by atoms with E-state index in [0.717, 1.165) is 25.7 Å². The number of carbonyl (C=O) groups excluding carboxylic acids is 1. The van der Waals surface area contributed by atoms with Crippen molar-refractivity contribution in [1.29, 1.82) is 0 Å². The van der Waals surface area contributed by atoms with Gasteiger partial charge in [0.1, 0.15) is 12.4 Å². The van der Waals surface area contributed by atoms with Gasteiger partial charge in [-0.05, 0) is 31.9 Å². The number of amides is 1. The highest BCUT2D eigenvalue weighted by atomic mass is 35.5. The molecule has 1 saturated carbocycles. The van der Waals surface area contributed by atoms with Crippen LogP contribution in [-0.4, -0.2) is 36.5 Å². The normalized spacial score (nSPS) is 23.7. The number of nitrogens with zero attached hydrogens (tertiary/aromatic N) is 1. The van der Waals surface area contributed by atoms with Gasteiger partial charge in [-0.25, -0.2) is 0 Å². The average molecular weight is 361 g/mol. The molecule has 0 radical (unpaired) electrons. The van der Waals surface area contributed by atoms with Gasteiger partial charge < -0.3 is 15.4 Å². The molecule has 1 aromatic rings. The molecule has 0 bridgehead atoms. The number of benzene rings is 1. The maximum absolute atomic E-state index is 12.6. The van der Waals surface area contributed by atoms with E-state index in [1.54, 1.807) is 11.0 Å². The molecular weight excluding hydrogens is 335 g/mol. The topological polar surface area (TPSA) is 55.6 Å². The number of hydrogen-bond donors (Lipinski definition) is 1. The predicted octanol–water partition coefficient (Wildman–Crippen LogP) is 3.51. The first-order valence-corrected chi connectivity index (χ1v) is 8.21. The van der Waals surface area contributed by atoms with E-state index < -0.39 is 5.54 Å². The van der Waals surface area contributed by atoms with Crippen LogP contribution in [0.3, 0.4) is 0 Å². The molecule has 2 rings (SSSR count). The maximum atomic E-state index is 12.6. The molecular formula is C17H26Cl2N2O2. The van der Waals surface area contributed by atoms with E-state index in [-0.39, 0.29) is 24.2 Å². The molecule has 2 N–H and O–H groups in total. The summed E-state index contributed by atoms with van der Waals surface area (Å²) in [5.41, 5.74) is 5.91. The smallest absolute Gasteiger partial charge is 0.227 e. The summed E-state index contributed by atoms with van der Waals surface area (Å²) >= 11 is 6.04. The Labute approximate surface area is 149 Å². The first-order valence-electron chi connectivity index (χ1n) is 7.83. The summed E-state index contributed by atoms with van der Waals surface area (Å²) in [4.78, 5) is 14.3. The zero-order valence-corrected chi connectivity index (χ0v) is 15.3. The summed E-state index contributed by atoms with van der Waals surface area (Å²) in [6.45, 7) is 2.93. The van der Waals surface area contributed by atoms with Gasteiger partial charge in [-0.2, -0.15) is 0 Å². The highest BCUT2D eigenvalue weighted by Gasteiger charge is 2.38. The molecule has 1 fully saturated rings. The van der Waals surface area contributed by atoms with Crippen molar-refractivity contribution in [2.45, 2.75) is 38.1 Å². The van der Waals surface area contributed by atoms with Crippen molar-refractivity contribution in [3.05, 3.63) is 29.3 Å². The van der Waals surface area contributed by atoms with Crippen LogP contribution in [0.5, 0.6) is 5.75 Å². The van der Waals surface area contributed by atoms with Gasteiger partial charge in [-0.15, -0.1) is 12.4 Å². The van der Waals surface area contributed by atoms with Crippen molar-refractivity contribution in [3.8, 4) is 5.75 Å². The fourth-order valence-corrected chi connectivity index (χ4v) is 3.18. The molecule has 0 saturated heterocycles. The second-order valence-corrected chi connectivity index (χ2v) is 6.75. The van der Waals surface area contributed by atoms with Gasteiger partial charge >= 0.3 is 0 Å². The minimum absolute atomic E-state index is 0. The number of nitrogens with two attached hydrogens (primary N) is 1. The van der Waals surface area contributed by atoms with E-state index in [9.17, 15) is 4.79 Å². The lowest BCUT2D eigenvalue weighted by molar-refractivity contribution is -0.137. The van der Waals surface area contributed by atoms with E-state index >= 15 is 0 Å². The molecule has 2 atom stereocenters. The third kappa shape index (κ3) is 5.27. The van der Waals surface area contributed by atoms with E-state index in [2.05, 4.69) is 0 Å². The highest BCUT2D eigenvalue weighted by molar-refractivity contribution is 6.32. The first kappa shape index (κ1) is 20.1. The van der Waals surface area contributed by atoms with Crippen molar-refractivity contribution in [2.24, 2.45) is 11.7 Å². The van der Waals surface area contributed by atoms with Crippen LogP contribution in [-0.2, 0) is 4.79 Å². The van der Waals surface area contributed by atoms with E-state index in [0.29, 0.717) is 23.9 Å². The molecule has 23 heavy (non-hydrogen) atoms. The molecule has 0 spiro atoms. The Balaban J connectivity index is 0.00000264. The summed E-state index contributed by atoms with van der Waals surface area (Å²) < 4.78 is 5.64. The zero-order chi connectivity index (χ0) is 16.2. The number of hydrogen-bond acceptors (Lipinski definition) is 3. The Kier molecular flexibility index (Phi) is 7.65. The molecule has 1 amide bonds. The second-order valence-electron chi connectivity index (χ2n) is 6.34. The van der Waals surface area contributed by atoms with Crippen molar-refractivity contribution in [2.75, 3.05) is 20.2 Å². The van der Waals surface area contributed by atoms with Gasteiger partial charge in [0.15, 0.2) is 0 Å². The van der Waals surface area contributed by atoms with Gasteiger partial charge in [0.2, 0.25) is 5.91 Å². The number of halogens is 2. The van der Waals surface area contributed by atoms with Crippen molar-refractivity contribution < 1.29 is 9.53 Å². The van der Waals surface area contributed by atoms with Crippen LogP contribution in [0.25, 0.3) is 0 Å². The third-order valence-electron chi connectivity index (χ3n) is 4.45. The maximum Gasteiger partial charge on any atom is 0.227 e. The lowest BCUT2D eigenvalue weighted by Gasteiger charge is -2.39. The zero-order valence-electron chi connectivity index (χ0n) is 13.8. The number of para-hydroxylation sites is 1. The Morgan fingerprint density at radius 3 is 2.78 bits per heavy atom. The van der Waals surface area contributed by atoms with Gasteiger partial charge in [0, 0.05) is 12.6 Å². The van der Waals surface area contributed by atoms with Crippen molar-refractivity contribution in [3.63, 3.8) is 0 Å². The Bertz CT molecular complexity index is 523. The van der Waals surface area contributed by atoms with Crippen LogP contribution < -0.4 is 10.5 Å². The van der Waals surface area contributed by atoms with Crippen LogP contribution in [0.2, 0.25) is 5.02 Å². The number of carbonyl (C=O) groups is 1. The first-order chi connectivity index (χ1) is 10.4. The third-order valence-corrected chi connectivity index (χ3v) is 4.76. The van der Waals surface area contributed by atoms with E-state index in [1.807, 2.05) is 32.2 Å². The molecule has 0 aromatic heterocycles. The number of ether oxygens (including phenoxy) is 1. The molecule has 4 nitrogen and oxygen atoms in total. The van der Waals surface area contributed by atoms with Gasteiger partial charge in [0.25, 0.3) is 0 Å². The van der Waals surface area contributed by atoms with Crippen LogP contribution in [0.4, 0.5) is 0 Å². The summed E-state index contributed by atoms with van der Waals surface area (Å²) in [5.74, 6) is 0.672. The molecule has 1 aliphatic rings. The molecule has 2 unspecified atom stereocenters. The molecule has 130 valence electrons. The summed E-state index contributed by atoms with van der Waals surface area (Å²) in [5, 5.41) is 0.582. The van der Waals surface area contributed by atoms with Gasteiger partial charge in [-0.3, -0.25) is 4.79 Å². The summed E-state index contributed by atoms with van der Waals surface area (Å²) in [6, 6.07) is 7.34. The average Bonchev–Trinajstić information content (AvgIpc) is 2.48. The predicted molar refractivity (Wildman–Crippen MR) is 96.4 cm³/mol. The Hall–Kier alpha value is -0.970. The van der Waals surface area contributed by atoms with Crippen LogP contribution in [0.15, 0.2) is 24.3 Å². The van der Waals surface area contributed by atoms with Crippen LogP contribution >= 0.6 is 24.0 Å². The lowest BCUT2D eigenvalue weighted by atomic mass is 9.74. The van der Waals surface area contributed by atoms with Crippen LogP contribution in [0.1, 0.15) is 32.6 Å². The van der Waals surface area contributed by atoms with Crippen molar-refractivity contribution in [1.82, 2.24) is 4.90 Å². The standard InChI is InChI=1S/C17H25ClN2O2.ClH/c1-17(19)10-6-5-7-13(17)16(21)20(2)11-12-22-15-9-4-3-8-14(15)18;/h3-4,8-9,13H,5-7,10-12,19H2,1-2H3;1H. The monoisotopic (exact) mass is 360 g/mol. The molecule has 6 heteroatoms. The van der Waals surface area contributed by atoms with Gasteiger partial charge in [-0.1, -0.05) is 36.6 Å². The molecule has 1 aromatic carbocycles. The Morgan fingerprint density at radius 1 is 1.43 bits per heavy atom.